The third-order valence-corrected chi connectivity index (χ3v) is 2.56. The molecule has 0 aliphatic heterocycles. The largest absolute Gasteiger partial charge is 0.389 e. The average molecular weight is 257 g/mol. The van der Waals surface area contributed by atoms with E-state index in [2.05, 4.69) is 15.6 Å². The number of amides is 2. The number of hydrogen-bond acceptors (Lipinski definition) is 3. The number of carbonyl (C=O) groups is 1. The first-order valence-corrected chi connectivity index (χ1v) is 5.92. The van der Waals surface area contributed by atoms with Crippen LogP contribution in [0.3, 0.4) is 0 Å². The first kappa shape index (κ1) is 13.0. The van der Waals surface area contributed by atoms with Crippen molar-refractivity contribution in [1.29, 1.82) is 0 Å². The van der Waals surface area contributed by atoms with Crippen molar-refractivity contribution in [2.24, 2.45) is 0 Å². The van der Waals surface area contributed by atoms with Crippen molar-refractivity contribution in [1.82, 2.24) is 4.98 Å². The number of nitrogens with zero attached hydrogens (tertiary/aromatic N) is 1. The SMILES string of the molecule is CC(O)c1ccc(NC(=O)Nc2ccccn2)cc1. The minimum Gasteiger partial charge on any atom is -0.389 e. The molecule has 1 atom stereocenters. The quantitative estimate of drug-likeness (QED) is 0.791. The highest BCUT2D eigenvalue weighted by molar-refractivity contribution is 5.99. The van der Waals surface area contributed by atoms with Gasteiger partial charge in [-0.3, -0.25) is 5.32 Å². The number of nitrogens with one attached hydrogen (secondary N) is 2. The Balaban J connectivity index is 1.95. The molecule has 2 amide bonds. The molecule has 5 heteroatoms. The molecule has 0 fully saturated rings. The zero-order chi connectivity index (χ0) is 13.7. The highest BCUT2D eigenvalue weighted by Gasteiger charge is 2.04. The molecule has 5 nitrogen and oxygen atoms in total. The van der Waals surface area contributed by atoms with Gasteiger partial charge >= 0.3 is 6.03 Å². The maximum atomic E-state index is 11.7. The number of aromatic nitrogens is 1. The maximum Gasteiger partial charge on any atom is 0.324 e. The van der Waals surface area contributed by atoms with Gasteiger partial charge in [-0.15, -0.1) is 0 Å². The van der Waals surface area contributed by atoms with Gasteiger partial charge in [0.25, 0.3) is 0 Å². The third-order valence-electron chi connectivity index (χ3n) is 2.56. The van der Waals surface area contributed by atoms with Crippen LogP contribution in [0.15, 0.2) is 48.7 Å². The van der Waals surface area contributed by atoms with Crippen LogP contribution in [0.5, 0.6) is 0 Å². The highest BCUT2D eigenvalue weighted by Crippen LogP contribution is 2.15. The molecule has 1 aromatic heterocycles. The highest BCUT2D eigenvalue weighted by atomic mass is 16.3. The summed E-state index contributed by atoms with van der Waals surface area (Å²) in [5, 5.41) is 14.7. The predicted molar refractivity (Wildman–Crippen MR) is 74.0 cm³/mol. The van der Waals surface area contributed by atoms with E-state index in [-0.39, 0.29) is 6.03 Å². The molecule has 0 aliphatic carbocycles. The van der Waals surface area contributed by atoms with Crippen molar-refractivity contribution in [3.05, 3.63) is 54.2 Å². The lowest BCUT2D eigenvalue weighted by atomic mass is 10.1. The van der Waals surface area contributed by atoms with Gasteiger partial charge < -0.3 is 10.4 Å². The molecule has 0 spiro atoms. The average Bonchev–Trinajstić information content (AvgIpc) is 2.40. The molecular weight excluding hydrogens is 242 g/mol. The Kier molecular flexibility index (Phi) is 4.10. The van der Waals surface area contributed by atoms with Crippen LogP contribution in [0.25, 0.3) is 0 Å². The first-order chi connectivity index (χ1) is 9.15. The van der Waals surface area contributed by atoms with Crippen LogP contribution >= 0.6 is 0 Å². The monoisotopic (exact) mass is 257 g/mol. The fourth-order valence-corrected chi connectivity index (χ4v) is 1.56. The number of benzene rings is 1. The predicted octanol–water partition coefficient (Wildman–Crippen LogP) is 2.78. The summed E-state index contributed by atoms with van der Waals surface area (Å²) in [5.41, 5.74) is 1.45. The summed E-state index contributed by atoms with van der Waals surface area (Å²) in [4.78, 5) is 15.7. The van der Waals surface area contributed by atoms with E-state index in [1.165, 1.54) is 0 Å². The summed E-state index contributed by atoms with van der Waals surface area (Å²) >= 11 is 0. The summed E-state index contributed by atoms with van der Waals surface area (Å²) in [5.74, 6) is 0.487. The Morgan fingerprint density at radius 1 is 1.16 bits per heavy atom. The van der Waals surface area contributed by atoms with Gasteiger partial charge in [0.15, 0.2) is 0 Å². The van der Waals surface area contributed by atoms with Crippen molar-refractivity contribution >= 4 is 17.5 Å². The van der Waals surface area contributed by atoms with E-state index < -0.39 is 6.10 Å². The molecule has 1 aromatic carbocycles. The van der Waals surface area contributed by atoms with Crippen molar-refractivity contribution in [2.45, 2.75) is 13.0 Å². The zero-order valence-electron chi connectivity index (χ0n) is 10.5. The Hall–Kier alpha value is -2.40. The van der Waals surface area contributed by atoms with E-state index in [1.807, 2.05) is 0 Å². The Morgan fingerprint density at radius 2 is 1.89 bits per heavy atom. The Labute approximate surface area is 111 Å². The van der Waals surface area contributed by atoms with Gasteiger partial charge in [-0.2, -0.15) is 0 Å². The smallest absolute Gasteiger partial charge is 0.324 e. The van der Waals surface area contributed by atoms with Gasteiger partial charge in [0.1, 0.15) is 5.82 Å². The van der Waals surface area contributed by atoms with Crippen LogP contribution < -0.4 is 10.6 Å². The molecule has 0 bridgehead atoms. The summed E-state index contributed by atoms with van der Waals surface area (Å²) in [6.07, 6.45) is 1.09. The minimum atomic E-state index is -0.517. The number of anilines is 2. The molecule has 98 valence electrons. The maximum absolute atomic E-state index is 11.7. The van der Waals surface area contributed by atoms with E-state index in [9.17, 15) is 9.90 Å². The van der Waals surface area contributed by atoms with Crippen molar-refractivity contribution in [2.75, 3.05) is 10.6 Å². The van der Waals surface area contributed by atoms with Crippen LogP contribution in [-0.2, 0) is 0 Å². The normalized spacial score (nSPS) is 11.7. The lowest BCUT2D eigenvalue weighted by Crippen LogP contribution is -2.19. The van der Waals surface area contributed by atoms with Gasteiger partial charge in [-0.05, 0) is 36.8 Å². The molecule has 0 saturated heterocycles. The summed E-state index contributed by atoms with van der Waals surface area (Å²) in [6, 6.07) is 11.9. The van der Waals surface area contributed by atoms with Gasteiger partial charge in [-0.1, -0.05) is 18.2 Å². The van der Waals surface area contributed by atoms with Crippen molar-refractivity contribution in [3.8, 4) is 0 Å². The zero-order valence-corrected chi connectivity index (χ0v) is 10.5. The Bertz CT molecular complexity index is 538. The molecule has 3 N–H and O–H groups in total. The van der Waals surface area contributed by atoms with E-state index in [1.54, 1.807) is 55.6 Å². The van der Waals surface area contributed by atoms with Gasteiger partial charge in [0, 0.05) is 11.9 Å². The van der Waals surface area contributed by atoms with E-state index in [0.717, 1.165) is 5.56 Å². The van der Waals surface area contributed by atoms with E-state index in [4.69, 9.17) is 0 Å². The Morgan fingerprint density at radius 3 is 2.47 bits per heavy atom. The summed E-state index contributed by atoms with van der Waals surface area (Å²) < 4.78 is 0. The molecule has 19 heavy (non-hydrogen) atoms. The third kappa shape index (κ3) is 3.79. The van der Waals surface area contributed by atoms with Gasteiger partial charge in [-0.25, -0.2) is 9.78 Å². The van der Waals surface area contributed by atoms with Crippen molar-refractivity contribution < 1.29 is 9.90 Å². The number of urea groups is 1. The second-order valence-corrected chi connectivity index (χ2v) is 4.09. The van der Waals surface area contributed by atoms with Gasteiger partial charge in [0.2, 0.25) is 0 Å². The topological polar surface area (TPSA) is 74.2 Å². The van der Waals surface area contributed by atoms with E-state index >= 15 is 0 Å². The van der Waals surface area contributed by atoms with Crippen molar-refractivity contribution in [3.63, 3.8) is 0 Å². The lowest BCUT2D eigenvalue weighted by molar-refractivity contribution is 0.199. The molecule has 0 saturated carbocycles. The molecule has 2 rings (SSSR count). The summed E-state index contributed by atoms with van der Waals surface area (Å²) in [6.45, 7) is 1.69. The lowest BCUT2D eigenvalue weighted by Gasteiger charge is -2.08. The minimum absolute atomic E-state index is 0.358. The fraction of sp³-hybridized carbons (Fsp3) is 0.143. The molecule has 0 aliphatic rings. The second kappa shape index (κ2) is 5.97. The van der Waals surface area contributed by atoms with Crippen LogP contribution in [-0.4, -0.2) is 16.1 Å². The number of aliphatic hydroxyl groups excluding tert-OH is 1. The second-order valence-electron chi connectivity index (χ2n) is 4.09. The molecule has 0 radical (unpaired) electrons. The number of pyridine rings is 1. The van der Waals surface area contributed by atoms with Crippen LogP contribution in [0.4, 0.5) is 16.3 Å². The summed E-state index contributed by atoms with van der Waals surface area (Å²) in [7, 11) is 0. The molecule has 1 heterocycles. The van der Waals surface area contributed by atoms with Crippen LogP contribution in [0.2, 0.25) is 0 Å². The number of hydrogen-bond donors (Lipinski definition) is 3. The number of carbonyl (C=O) groups excluding carboxylic acids is 1. The molecular formula is C14H15N3O2. The molecule has 1 unspecified atom stereocenters. The standard InChI is InChI=1S/C14H15N3O2/c1-10(18)11-5-7-12(8-6-11)16-14(19)17-13-4-2-3-9-15-13/h2-10,18H,1H3,(H2,15,16,17,19). The molecule has 2 aromatic rings. The fourth-order valence-electron chi connectivity index (χ4n) is 1.56. The van der Waals surface area contributed by atoms with Crippen LogP contribution in [0, 0.1) is 0 Å². The number of aliphatic hydroxyl groups is 1. The van der Waals surface area contributed by atoms with Gasteiger partial charge in [0.05, 0.1) is 6.10 Å². The first-order valence-electron chi connectivity index (χ1n) is 5.92. The van der Waals surface area contributed by atoms with E-state index in [0.29, 0.717) is 11.5 Å². The number of rotatable bonds is 3. The van der Waals surface area contributed by atoms with Crippen LogP contribution in [0.1, 0.15) is 18.6 Å².